The van der Waals surface area contributed by atoms with E-state index in [-0.39, 0.29) is 0 Å². The number of ether oxygens (including phenoxy) is 1. The summed E-state index contributed by atoms with van der Waals surface area (Å²) >= 11 is 0. The number of benzene rings is 1. The summed E-state index contributed by atoms with van der Waals surface area (Å²) in [5.74, 6) is 0.850. The Morgan fingerprint density at radius 1 is 1.23 bits per heavy atom. The first-order valence-corrected chi connectivity index (χ1v) is 4.28. The molecule has 0 bridgehead atoms. The van der Waals surface area contributed by atoms with Crippen molar-refractivity contribution >= 4 is 12.0 Å². The van der Waals surface area contributed by atoms with E-state index in [1.165, 1.54) is 5.56 Å². The Hall–Kier alpha value is -1.57. The molecular weight excluding hydrogens is 162 g/mol. The van der Waals surface area contributed by atoms with Crippen LogP contribution in [-0.2, 0) is 4.74 Å². The Labute approximate surface area is 77.6 Å². The van der Waals surface area contributed by atoms with Gasteiger partial charge in [0.25, 0.3) is 0 Å². The molecule has 2 rings (SSSR count). The summed E-state index contributed by atoms with van der Waals surface area (Å²) in [5, 5.41) is 0. The second-order valence-electron chi connectivity index (χ2n) is 3.00. The van der Waals surface area contributed by atoms with E-state index in [0.29, 0.717) is 6.61 Å². The van der Waals surface area contributed by atoms with E-state index in [1.807, 2.05) is 12.1 Å². The predicted octanol–water partition coefficient (Wildman–Crippen LogP) is 2.39. The highest BCUT2D eigenvalue weighted by Crippen LogP contribution is 2.17. The Bertz CT molecular complexity index is 349. The smallest absolute Gasteiger partial charge is 0.145 e. The molecule has 13 heavy (non-hydrogen) atoms. The lowest BCUT2D eigenvalue weighted by Gasteiger charge is -2.10. The molecule has 0 spiro atoms. The minimum absolute atomic E-state index is 0.569. The van der Waals surface area contributed by atoms with Crippen LogP contribution in [0, 0.1) is 6.92 Å². The minimum atomic E-state index is 0.569. The van der Waals surface area contributed by atoms with Crippen molar-refractivity contribution in [2.75, 3.05) is 6.61 Å². The lowest BCUT2D eigenvalue weighted by atomic mass is 10.1. The van der Waals surface area contributed by atoms with Crippen LogP contribution in [0.15, 0.2) is 35.5 Å². The molecule has 0 amide bonds. The van der Waals surface area contributed by atoms with E-state index in [0.717, 1.165) is 11.3 Å². The summed E-state index contributed by atoms with van der Waals surface area (Å²) in [6.07, 6.45) is 3.49. The van der Waals surface area contributed by atoms with E-state index in [4.69, 9.17) is 4.74 Å². The summed E-state index contributed by atoms with van der Waals surface area (Å²) in [7, 11) is 0. The summed E-state index contributed by atoms with van der Waals surface area (Å²) in [6, 6.07) is 8.22. The fourth-order valence-electron chi connectivity index (χ4n) is 1.20. The zero-order chi connectivity index (χ0) is 9.10. The number of rotatable bonds is 1. The van der Waals surface area contributed by atoms with Gasteiger partial charge in [-0.15, -0.1) is 0 Å². The Morgan fingerprint density at radius 2 is 2.00 bits per heavy atom. The van der Waals surface area contributed by atoms with Gasteiger partial charge in [-0.25, -0.2) is 0 Å². The molecule has 0 aliphatic carbocycles. The lowest BCUT2D eigenvalue weighted by Crippen LogP contribution is -1.99. The first kappa shape index (κ1) is 8.05. The number of hydrogen-bond acceptors (Lipinski definition) is 2. The highest BCUT2D eigenvalue weighted by molar-refractivity contribution is 5.69. The van der Waals surface area contributed by atoms with E-state index in [2.05, 4.69) is 24.0 Å². The van der Waals surface area contributed by atoms with Crippen molar-refractivity contribution in [1.82, 2.24) is 0 Å². The molecule has 0 unspecified atom stereocenters. The largest absolute Gasteiger partial charge is 0.486 e. The van der Waals surface area contributed by atoms with Crippen molar-refractivity contribution in [3.63, 3.8) is 0 Å². The summed E-state index contributed by atoms with van der Waals surface area (Å²) < 4.78 is 5.42. The second kappa shape index (κ2) is 3.44. The van der Waals surface area contributed by atoms with E-state index < -0.39 is 0 Å². The topological polar surface area (TPSA) is 21.6 Å². The molecule has 0 radical (unpaired) electrons. The van der Waals surface area contributed by atoms with Gasteiger partial charge in [-0.05, 0) is 6.92 Å². The molecule has 66 valence electrons. The van der Waals surface area contributed by atoms with Crippen molar-refractivity contribution in [2.45, 2.75) is 6.92 Å². The molecule has 0 aromatic heterocycles. The van der Waals surface area contributed by atoms with Crippen LogP contribution < -0.4 is 0 Å². The fraction of sp³-hybridized carbons (Fsp3) is 0.182. The molecule has 0 fully saturated rings. The van der Waals surface area contributed by atoms with Crippen molar-refractivity contribution in [3.05, 3.63) is 41.6 Å². The minimum Gasteiger partial charge on any atom is -0.486 e. The highest BCUT2D eigenvalue weighted by Gasteiger charge is 2.03. The van der Waals surface area contributed by atoms with Gasteiger partial charge in [0.05, 0.1) is 6.20 Å². The van der Waals surface area contributed by atoms with Gasteiger partial charge < -0.3 is 4.74 Å². The maximum Gasteiger partial charge on any atom is 0.145 e. The van der Waals surface area contributed by atoms with Crippen LogP contribution in [0.25, 0.3) is 5.76 Å². The van der Waals surface area contributed by atoms with Gasteiger partial charge in [0.1, 0.15) is 12.4 Å². The van der Waals surface area contributed by atoms with Crippen LogP contribution in [-0.4, -0.2) is 12.8 Å². The van der Waals surface area contributed by atoms with Crippen molar-refractivity contribution in [1.29, 1.82) is 0 Å². The summed E-state index contributed by atoms with van der Waals surface area (Å²) in [5.41, 5.74) is 2.34. The molecule has 0 atom stereocenters. The van der Waals surface area contributed by atoms with Gasteiger partial charge in [-0.2, -0.15) is 0 Å². The van der Waals surface area contributed by atoms with E-state index in [1.54, 1.807) is 12.4 Å². The molecule has 1 aliphatic rings. The van der Waals surface area contributed by atoms with Crippen LogP contribution in [0.4, 0.5) is 0 Å². The maximum atomic E-state index is 5.42. The van der Waals surface area contributed by atoms with E-state index in [9.17, 15) is 0 Å². The molecule has 2 heteroatoms. The third kappa shape index (κ3) is 1.78. The van der Waals surface area contributed by atoms with Gasteiger partial charge in [-0.3, -0.25) is 4.99 Å². The predicted molar refractivity (Wildman–Crippen MR) is 53.6 cm³/mol. The standard InChI is InChI=1S/C11H11NO/c1-9-2-4-10(5-3-9)11-8-12-6-7-13-11/h2-6,8H,7H2,1H3. The zero-order valence-electron chi connectivity index (χ0n) is 7.53. The molecule has 1 aliphatic heterocycles. The first-order chi connectivity index (χ1) is 6.36. The van der Waals surface area contributed by atoms with Crippen molar-refractivity contribution < 1.29 is 4.74 Å². The number of hydrogen-bond donors (Lipinski definition) is 0. The highest BCUT2D eigenvalue weighted by atomic mass is 16.5. The van der Waals surface area contributed by atoms with Crippen LogP contribution in [0.1, 0.15) is 11.1 Å². The third-order valence-corrected chi connectivity index (χ3v) is 1.95. The van der Waals surface area contributed by atoms with Gasteiger partial charge >= 0.3 is 0 Å². The Morgan fingerprint density at radius 3 is 2.62 bits per heavy atom. The monoisotopic (exact) mass is 173 g/mol. The Kier molecular flexibility index (Phi) is 2.13. The molecular formula is C11H11NO. The number of aliphatic imine (C=N–C) groups is 1. The zero-order valence-corrected chi connectivity index (χ0v) is 7.53. The van der Waals surface area contributed by atoms with Gasteiger partial charge in [0.15, 0.2) is 0 Å². The van der Waals surface area contributed by atoms with Gasteiger partial charge in [0, 0.05) is 11.8 Å². The third-order valence-electron chi connectivity index (χ3n) is 1.95. The lowest BCUT2D eigenvalue weighted by molar-refractivity contribution is 0.332. The average molecular weight is 173 g/mol. The van der Waals surface area contributed by atoms with Crippen LogP contribution >= 0.6 is 0 Å². The molecule has 1 aromatic carbocycles. The normalized spacial score (nSPS) is 15.0. The molecule has 0 saturated heterocycles. The second-order valence-corrected chi connectivity index (χ2v) is 3.00. The molecule has 2 nitrogen and oxygen atoms in total. The number of nitrogens with zero attached hydrogens (tertiary/aromatic N) is 1. The summed E-state index contributed by atoms with van der Waals surface area (Å²) in [6.45, 7) is 2.64. The van der Waals surface area contributed by atoms with Crippen LogP contribution in [0.3, 0.4) is 0 Å². The summed E-state index contributed by atoms with van der Waals surface area (Å²) in [4.78, 5) is 4.05. The fourth-order valence-corrected chi connectivity index (χ4v) is 1.20. The van der Waals surface area contributed by atoms with Crippen LogP contribution in [0.2, 0.25) is 0 Å². The molecule has 1 heterocycles. The SMILES string of the molecule is Cc1ccc(C2=CN=CCO2)cc1. The van der Waals surface area contributed by atoms with Crippen LogP contribution in [0.5, 0.6) is 0 Å². The van der Waals surface area contributed by atoms with E-state index >= 15 is 0 Å². The quantitative estimate of drug-likeness (QED) is 0.639. The Balaban J connectivity index is 2.30. The first-order valence-electron chi connectivity index (χ1n) is 4.28. The average Bonchev–Trinajstić information content (AvgIpc) is 2.20. The maximum absolute atomic E-state index is 5.42. The molecule has 0 N–H and O–H groups in total. The molecule has 0 saturated carbocycles. The molecule has 1 aromatic rings. The number of aryl methyl sites for hydroxylation is 1. The van der Waals surface area contributed by atoms with Gasteiger partial charge in [0.2, 0.25) is 0 Å². The van der Waals surface area contributed by atoms with Gasteiger partial charge in [-0.1, -0.05) is 29.8 Å². The van der Waals surface area contributed by atoms with Crippen molar-refractivity contribution in [2.24, 2.45) is 4.99 Å². The van der Waals surface area contributed by atoms with Crippen molar-refractivity contribution in [3.8, 4) is 0 Å².